The average Bonchev–Trinajstić information content (AvgIpc) is 2.75. The first-order valence-corrected chi connectivity index (χ1v) is 11.8. The number of aryl methyl sites for hydroxylation is 1. The lowest BCUT2D eigenvalue weighted by atomic mass is 10.2. The van der Waals surface area contributed by atoms with Crippen LogP contribution < -0.4 is 16.0 Å². The molecule has 0 aromatic heterocycles. The van der Waals surface area contributed by atoms with Gasteiger partial charge < -0.3 is 20.7 Å². The van der Waals surface area contributed by atoms with Gasteiger partial charge in [0.2, 0.25) is 21.8 Å². The number of amides is 2. The number of hydrogen-bond donors (Lipinski definition) is 3. The summed E-state index contributed by atoms with van der Waals surface area (Å²) in [5, 5.41) is 8.65. The van der Waals surface area contributed by atoms with Crippen LogP contribution in [0.15, 0.2) is 41.3 Å². The number of benzene rings is 2. The molecule has 2 amide bonds. The van der Waals surface area contributed by atoms with Crippen molar-refractivity contribution in [2.75, 3.05) is 48.8 Å². The van der Waals surface area contributed by atoms with E-state index < -0.39 is 10.0 Å². The van der Waals surface area contributed by atoms with Crippen LogP contribution in [0.3, 0.4) is 0 Å². The molecular formula is C21H25ClN4O5S. The van der Waals surface area contributed by atoms with Crippen LogP contribution in [-0.4, -0.2) is 57.4 Å². The lowest BCUT2D eigenvalue weighted by Gasteiger charge is -2.26. The van der Waals surface area contributed by atoms with E-state index in [1.54, 1.807) is 37.3 Å². The van der Waals surface area contributed by atoms with Crippen molar-refractivity contribution < 1.29 is 22.7 Å². The number of hydrogen-bond acceptors (Lipinski definition) is 6. The van der Waals surface area contributed by atoms with E-state index >= 15 is 0 Å². The van der Waals surface area contributed by atoms with Crippen molar-refractivity contribution in [2.24, 2.45) is 0 Å². The molecule has 0 atom stereocenters. The van der Waals surface area contributed by atoms with Crippen molar-refractivity contribution in [3.8, 4) is 0 Å². The van der Waals surface area contributed by atoms with E-state index in [4.69, 9.17) is 16.3 Å². The van der Waals surface area contributed by atoms with Gasteiger partial charge in [-0.1, -0.05) is 17.7 Å². The van der Waals surface area contributed by atoms with Crippen LogP contribution in [-0.2, 0) is 24.3 Å². The molecule has 0 aliphatic carbocycles. The normalized spacial score (nSPS) is 14.6. The second-order valence-electron chi connectivity index (χ2n) is 7.27. The molecule has 0 radical (unpaired) electrons. The van der Waals surface area contributed by atoms with Crippen LogP contribution >= 0.6 is 11.6 Å². The number of carbonyl (C=O) groups excluding carboxylic acids is 2. The third-order valence-electron chi connectivity index (χ3n) is 4.79. The molecule has 3 rings (SSSR count). The summed E-state index contributed by atoms with van der Waals surface area (Å²) in [7, 11) is -3.69. The summed E-state index contributed by atoms with van der Waals surface area (Å²) < 4.78 is 32.6. The second-order valence-corrected chi connectivity index (χ2v) is 9.59. The summed E-state index contributed by atoms with van der Waals surface area (Å²) in [6, 6.07) is 9.64. The quantitative estimate of drug-likeness (QED) is 0.561. The van der Waals surface area contributed by atoms with E-state index in [0.29, 0.717) is 54.0 Å². The van der Waals surface area contributed by atoms with Gasteiger partial charge in [0.25, 0.3) is 0 Å². The van der Waals surface area contributed by atoms with Gasteiger partial charge in [-0.05, 0) is 42.8 Å². The first kappa shape index (κ1) is 24.0. The van der Waals surface area contributed by atoms with E-state index in [-0.39, 0.29) is 23.3 Å². The van der Waals surface area contributed by atoms with Crippen molar-refractivity contribution >= 4 is 50.5 Å². The molecule has 1 saturated heterocycles. The molecule has 3 N–H and O–H groups in total. The number of nitrogens with one attached hydrogen (secondary N) is 3. The third-order valence-corrected chi connectivity index (χ3v) is 7.16. The van der Waals surface area contributed by atoms with Gasteiger partial charge in [0.15, 0.2) is 0 Å². The monoisotopic (exact) mass is 480 g/mol. The lowest BCUT2D eigenvalue weighted by Crippen LogP contribution is -2.40. The molecule has 0 bridgehead atoms. The molecule has 1 aliphatic rings. The number of rotatable bonds is 7. The molecular weight excluding hydrogens is 456 g/mol. The largest absolute Gasteiger partial charge is 0.379 e. The molecule has 2 aromatic rings. The zero-order valence-corrected chi connectivity index (χ0v) is 19.3. The van der Waals surface area contributed by atoms with Crippen LogP contribution in [0.5, 0.6) is 0 Å². The van der Waals surface area contributed by atoms with Crippen LogP contribution in [0.4, 0.5) is 17.1 Å². The SMILES string of the molecule is CC(=O)Nc1ccc(Cl)c(NCC(=O)Nc2ccc(C)c(S(=O)(=O)N3CCOCC3)c2)c1. The average molecular weight is 481 g/mol. The summed E-state index contributed by atoms with van der Waals surface area (Å²) in [5.41, 5.74) is 1.98. The van der Waals surface area contributed by atoms with E-state index in [0.717, 1.165) is 0 Å². The number of sulfonamides is 1. The Morgan fingerprint density at radius 2 is 1.72 bits per heavy atom. The van der Waals surface area contributed by atoms with Gasteiger partial charge in [-0.2, -0.15) is 4.31 Å². The maximum atomic E-state index is 13.0. The van der Waals surface area contributed by atoms with E-state index in [1.165, 1.54) is 17.3 Å². The van der Waals surface area contributed by atoms with Crippen molar-refractivity contribution in [2.45, 2.75) is 18.7 Å². The highest BCUT2D eigenvalue weighted by atomic mass is 35.5. The minimum atomic E-state index is -3.69. The van der Waals surface area contributed by atoms with Gasteiger partial charge in [0, 0.05) is 31.4 Å². The van der Waals surface area contributed by atoms with Crippen LogP contribution in [0.2, 0.25) is 5.02 Å². The first-order valence-electron chi connectivity index (χ1n) is 9.96. The van der Waals surface area contributed by atoms with Crippen molar-refractivity contribution in [1.29, 1.82) is 0 Å². The fraction of sp³-hybridized carbons (Fsp3) is 0.333. The molecule has 2 aromatic carbocycles. The van der Waals surface area contributed by atoms with Gasteiger partial charge in [0.1, 0.15) is 0 Å². The Morgan fingerprint density at radius 1 is 1.06 bits per heavy atom. The van der Waals surface area contributed by atoms with Gasteiger partial charge in [-0.3, -0.25) is 9.59 Å². The molecule has 172 valence electrons. The van der Waals surface area contributed by atoms with E-state index in [2.05, 4.69) is 16.0 Å². The summed E-state index contributed by atoms with van der Waals surface area (Å²) in [4.78, 5) is 23.8. The zero-order chi connectivity index (χ0) is 23.3. The smallest absolute Gasteiger partial charge is 0.243 e. The molecule has 1 heterocycles. The Morgan fingerprint density at radius 3 is 2.41 bits per heavy atom. The predicted molar refractivity (Wildman–Crippen MR) is 124 cm³/mol. The van der Waals surface area contributed by atoms with E-state index in [9.17, 15) is 18.0 Å². The fourth-order valence-corrected chi connectivity index (χ4v) is 5.05. The summed E-state index contributed by atoms with van der Waals surface area (Å²) >= 11 is 6.15. The van der Waals surface area contributed by atoms with Crippen LogP contribution in [0.1, 0.15) is 12.5 Å². The topological polar surface area (TPSA) is 117 Å². The van der Waals surface area contributed by atoms with Gasteiger partial charge in [0.05, 0.1) is 35.4 Å². The summed E-state index contributed by atoms with van der Waals surface area (Å²) in [5.74, 6) is -0.609. The molecule has 0 spiro atoms. The Balaban J connectivity index is 1.68. The minimum Gasteiger partial charge on any atom is -0.379 e. The maximum Gasteiger partial charge on any atom is 0.243 e. The van der Waals surface area contributed by atoms with Crippen LogP contribution in [0, 0.1) is 6.92 Å². The number of morpholine rings is 1. The molecule has 9 nitrogen and oxygen atoms in total. The summed E-state index contributed by atoms with van der Waals surface area (Å²) in [6.07, 6.45) is 0. The van der Waals surface area contributed by atoms with Gasteiger partial charge in [-0.15, -0.1) is 0 Å². The second kappa shape index (κ2) is 10.3. The molecule has 0 saturated carbocycles. The standard InChI is InChI=1S/C21H25ClN4O5S/c1-14-3-4-17(12-20(14)32(29,30)26-7-9-31-10-8-26)25-21(28)13-23-19-11-16(24-15(2)27)5-6-18(19)22/h3-6,11-12,23H,7-10,13H2,1-2H3,(H,24,27)(H,25,28). The van der Waals surface area contributed by atoms with Crippen molar-refractivity contribution in [3.05, 3.63) is 47.0 Å². The highest BCUT2D eigenvalue weighted by Crippen LogP contribution is 2.26. The molecule has 1 fully saturated rings. The van der Waals surface area contributed by atoms with Crippen LogP contribution in [0.25, 0.3) is 0 Å². The first-order chi connectivity index (χ1) is 15.2. The zero-order valence-electron chi connectivity index (χ0n) is 17.8. The number of ether oxygens (including phenoxy) is 1. The number of carbonyl (C=O) groups is 2. The Hall–Kier alpha value is -2.66. The van der Waals surface area contributed by atoms with Gasteiger partial charge in [-0.25, -0.2) is 8.42 Å². The summed E-state index contributed by atoms with van der Waals surface area (Å²) in [6.45, 7) is 4.29. The maximum absolute atomic E-state index is 13.0. The molecule has 32 heavy (non-hydrogen) atoms. The fourth-order valence-electron chi connectivity index (χ4n) is 3.20. The minimum absolute atomic E-state index is 0.108. The third kappa shape index (κ3) is 5.98. The molecule has 11 heteroatoms. The Labute approximate surface area is 192 Å². The predicted octanol–water partition coefficient (Wildman–Crippen LogP) is 2.68. The molecule has 1 aliphatic heterocycles. The Bertz CT molecular complexity index is 1120. The van der Waals surface area contributed by atoms with Gasteiger partial charge >= 0.3 is 0 Å². The van der Waals surface area contributed by atoms with Crippen molar-refractivity contribution in [3.63, 3.8) is 0 Å². The number of nitrogens with zero attached hydrogens (tertiary/aromatic N) is 1. The van der Waals surface area contributed by atoms with Crippen molar-refractivity contribution in [1.82, 2.24) is 4.31 Å². The number of anilines is 3. The Kier molecular flexibility index (Phi) is 7.73. The highest BCUT2D eigenvalue weighted by molar-refractivity contribution is 7.89. The lowest BCUT2D eigenvalue weighted by molar-refractivity contribution is -0.115. The molecule has 0 unspecified atom stereocenters. The van der Waals surface area contributed by atoms with E-state index in [1.807, 2.05) is 0 Å². The highest BCUT2D eigenvalue weighted by Gasteiger charge is 2.28. The number of halogens is 1.